The van der Waals surface area contributed by atoms with Gasteiger partial charge < -0.3 is 40.0 Å². The van der Waals surface area contributed by atoms with E-state index in [1.54, 1.807) is 32.6 Å². The summed E-state index contributed by atoms with van der Waals surface area (Å²) >= 11 is 6.44. The molecule has 0 aliphatic carbocycles. The van der Waals surface area contributed by atoms with Crippen LogP contribution in [0.25, 0.3) is 0 Å². The minimum atomic E-state index is -2.57. The lowest BCUT2D eigenvalue weighted by molar-refractivity contribution is -0.137. The molecule has 286 valence electrons. The molecule has 3 aliphatic rings. The maximum Gasteiger partial charge on any atom is 0.255 e. The summed E-state index contributed by atoms with van der Waals surface area (Å²) in [5, 5.41) is 13.0. The molecule has 0 bridgehead atoms. The number of halogens is 1. The molecule has 4 N–H and O–H groups in total. The largest absolute Gasteiger partial charge is 0.494 e. The summed E-state index contributed by atoms with van der Waals surface area (Å²) in [6, 6.07) is 17.7. The molecule has 1 aromatic heterocycles. The molecule has 1 unspecified atom stereocenters. The number of benzene rings is 3. The Morgan fingerprint density at radius 1 is 0.982 bits per heavy atom. The molecule has 0 spiro atoms. The van der Waals surface area contributed by atoms with Crippen LogP contribution in [0.4, 0.5) is 34.5 Å². The topological polar surface area (TPSA) is 178 Å². The molecule has 17 heteroatoms. The van der Waals surface area contributed by atoms with Gasteiger partial charge in [-0.25, -0.2) is 4.98 Å². The molecule has 4 heterocycles. The Morgan fingerprint density at radius 2 is 1.75 bits per heavy atom. The highest BCUT2D eigenvalue weighted by atomic mass is 35.5. The molecule has 55 heavy (non-hydrogen) atoms. The van der Waals surface area contributed by atoms with E-state index in [9.17, 15) is 23.7 Å². The number of hydrogen-bond donors (Lipinski definition) is 4. The van der Waals surface area contributed by atoms with Crippen LogP contribution in [0.15, 0.2) is 66.9 Å². The van der Waals surface area contributed by atoms with Crippen molar-refractivity contribution in [1.29, 1.82) is 0 Å². The van der Waals surface area contributed by atoms with Crippen LogP contribution in [0.5, 0.6) is 5.75 Å². The van der Waals surface area contributed by atoms with Crippen molar-refractivity contribution in [2.45, 2.75) is 25.4 Å². The van der Waals surface area contributed by atoms with E-state index in [0.717, 1.165) is 11.3 Å². The maximum atomic E-state index is 13.3. The third-order valence-electron chi connectivity index (χ3n) is 9.92. The van der Waals surface area contributed by atoms with Gasteiger partial charge in [-0.2, -0.15) is 4.98 Å². The van der Waals surface area contributed by atoms with E-state index in [2.05, 4.69) is 36.1 Å². The standard InChI is InChI=1S/C38H41ClN9O6P/c1-54-31-19-23(11-12-28(31)43-38-41-20-26(39)35(45-38)42-29-8-4-5-10-32(29)55(2,3)53)46-15-17-47(18-16-46)34(50)21-40-27-9-6-7-24-25(27)22-48(37(24)52)30-13-14-33(49)44-36(30)51/h4-12,19-20,30,40H,13-18,21-22H2,1-3H3,(H,44,49,51)(H2,41,42,43,45). The summed E-state index contributed by atoms with van der Waals surface area (Å²) in [6.07, 6.45) is 1.95. The number of anilines is 6. The molecule has 15 nitrogen and oxygen atoms in total. The molecular formula is C38H41ClN9O6P. The first-order valence-corrected chi connectivity index (χ1v) is 20.8. The second kappa shape index (κ2) is 15.6. The number of carbonyl (C=O) groups excluding carboxylic acids is 4. The predicted molar refractivity (Wildman–Crippen MR) is 212 cm³/mol. The van der Waals surface area contributed by atoms with Gasteiger partial charge in [-0.3, -0.25) is 24.5 Å². The quantitative estimate of drug-likeness (QED) is 0.125. The molecule has 7 rings (SSSR count). The van der Waals surface area contributed by atoms with Gasteiger partial charge in [0.2, 0.25) is 23.7 Å². The molecule has 4 amide bonds. The van der Waals surface area contributed by atoms with Crippen molar-refractivity contribution in [2.75, 3.05) is 74.0 Å². The van der Waals surface area contributed by atoms with Crippen LogP contribution in [0, 0.1) is 0 Å². The zero-order chi connectivity index (χ0) is 38.9. The first-order chi connectivity index (χ1) is 26.4. The van der Waals surface area contributed by atoms with E-state index in [4.69, 9.17) is 16.3 Å². The van der Waals surface area contributed by atoms with Crippen molar-refractivity contribution in [3.05, 3.63) is 83.0 Å². The predicted octanol–water partition coefficient (Wildman–Crippen LogP) is 4.40. The number of para-hydroxylation sites is 1. The van der Waals surface area contributed by atoms with Crippen molar-refractivity contribution < 1.29 is 28.5 Å². The zero-order valence-electron chi connectivity index (χ0n) is 30.6. The number of methoxy groups -OCH3 is 1. The summed E-state index contributed by atoms with van der Waals surface area (Å²) in [6.45, 7) is 5.93. The zero-order valence-corrected chi connectivity index (χ0v) is 32.2. The fraction of sp³-hybridized carbons (Fsp3) is 0.316. The Bertz CT molecular complexity index is 2220. The molecule has 3 aliphatic heterocycles. The minimum Gasteiger partial charge on any atom is -0.494 e. The molecular weight excluding hydrogens is 745 g/mol. The highest BCUT2D eigenvalue weighted by Gasteiger charge is 2.40. The SMILES string of the molecule is COc1cc(N2CCN(C(=O)CNc3cccc4c3CN(C3CCC(=O)NC3=O)C4=O)CC2)ccc1Nc1ncc(Cl)c(Nc2ccccc2P(C)(C)=O)n1. The first kappa shape index (κ1) is 37.6. The summed E-state index contributed by atoms with van der Waals surface area (Å²) in [7, 11) is -0.990. The highest BCUT2D eigenvalue weighted by molar-refractivity contribution is 7.70. The number of amides is 4. The van der Waals surface area contributed by atoms with Gasteiger partial charge in [-0.1, -0.05) is 29.8 Å². The molecule has 0 saturated carbocycles. The van der Waals surface area contributed by atoms with E-state index >= 15 is 0 Å². The number of aromatic nitrogens is 2. The van der Waals surface area contributed by atoms with Crippen molar-refractivity contribution in [3.63, 3.8) is 0 Å². The fourth-order valence-corrected chi connectivity index (χ4v) is 8.33. The number of nitrogens with zero attached hydrogens (tertiary/aromatic N) is 5. The van der Waals surface area contributed by atoms with Crippen LogP contribution < -0.4 is 36.2 Å². The average Bonchev–Trinajstić information content (AvgIpc) is 3.51. The van der Waals surface area contributed by atoms with Crippen LogP contribution in [-0.2, 0) is 25.5 Å². The van der Waals surface area contributed by atoms with Gasteiger partial charge in [-0.05, 0) is 56.1 Å². The number of carbonyl (C=O) groups is 4. The lowest BCUT2D eigenvalue weighted by atomic mass is 10.0. The number of nitrogens with one attached hydrogen (secondary N) is 4. The van der Waals surface area contributed by atoms with Crippen LogP contribution in [0.1, 0.15) is 28.8 Å². The third kappa shape index (κ3) is 8.08. The molecule has 2 fully saturated rings. The summed E-state index contributed by atoms with van der Waals surface area (Å²) < 4.78 is 18.6. The van der Waals surface area contributed by atoms with Crippen molar-refractivity contribution in [2.24, 2.45) is 0 Å². The van der Waals surface area contributed by atoms with Gasteiger partial charge in [0.15, 0.2) is 5.82 Å². The first-order valence-electron chi connectivity index (χ1n) is 17.8. The van der Waals surface area contributed by atoms with E-state index < -0.39 is 19.1 Å². The highest BCUT2D eigenvalue weighted by Crippen LogP contribution is 2.39. The number of rotatable bonds is 11. The third-order valence-corrected chi connectivity index (χ3v) is 11.7. The Kier molecular flexibility index (Phi) is 10.7. The van der Waals surface area contributed by atoms with Gasteiger partial charge in [0.25, 0.3) is 5.91 Å². The van der Waals surface area contributed by atoms with Gasteiger partial charge in [-0.15, -0.1) is 0 Å². The van der Waals surface area contributed by atoms with E-state index in [-0.39, 0.29) is 49.6 Å². The second-order valence-corrected chi connectivity index (χ2v) is 17.4. The van der Waals surface area contributed by atoms with E-state index in [1.165, 1.54) is 11.1 Å². The van der Waals surface area contributed by atoms with Crippen LogP contribution in [-0.4, -0.2) is 103 Å². The number of fused-ring (bicyclic) bond motifs is 1. The smallest absolute Gasteiger partial charge is 0.255 e. The maximum absolute atomic E-state index is 13.3. The Morgan fingerprint density at radius 3 is 2.49 bits per heavy atom. The van der Waals surface area contributed by atoms with Crippen LogP contribution in [0.2, 0.25) is 5.02 Å². The summed E-state index contributed by atoms with van der Waals surface area (Å²) in [5.41, 5.74) is 4.10. The summed E-state index contributed by atoms with van der Waals surface area (Å²) in [4.78, 5) is 65.0. The average molecular weight is 786 g/mol. The number of ether oxygens (including phenoxy) is 1. The molecule has 4 aromatic rings. The van der Waals surface area contributed by atoms with Crippen molar-refractivity contribution in [1.82, 2.24) is 25.1 Å². The van der Waals surface area contributed by atoms with Gasteiger partial charge in [0.05, 0.1) is 31.2 Å². The van der Waals surface area contributed by atoms with Gasteiger partial charge in [0, 0.05) is 73.0 Å². The lowest BCUT2D eigenvalue weighted by Gasteiger charge is -2.36. The van der Waals surface area contributed by atoms with Crippen LogP contribution in [0.3, 0.4) is 0 Å². The molecule has 0 radical (unpaired) electrons. The van der Waals surface area contributed by atoms with Crippen molar-refractivity contribution in [3.8, 4) is 5.75 Å². The number of piperidine rings is 1. The van der Waals surface area contributed by atoms with E-state index in [1.807, 2.05) is 53.4 Å². The Hall–Kier alpha value is -5.66. The number of imide groups is 1. The van der Waals surface area contributed by atoms with E-state index in [0.29, 0.717) is 70.7 Å². The monoisotopic (exact) mass is 785 g/mol. The Labute approximate surface area is 323 Å². The fourth-order valence-electron chi connectivity index (χ4n) is 7.04. The summed E-state index contributed by atoms with van der Waals surface area (Å²) in [5.74, 6) is 0.0803. The Balaban J connectivity index is 0.949. The normalized spacial score (nSPS) is 17.1. The van der Waals surface area contributed by atoms with Crippen molar-refractivity contribution >= 4 is 82.2 Å². The van der Waals surface area contributed by atoms with Gasteiger partial charge in [0.1, 0.15) is 24.0 Å². The van der Waals surface area contributed by atoms with Crippen LogP contribution >= 0.6 is 18.7 Å². The molecule has 2 saturated heterocycles. The number of piperazine rings is 1. The molecule has 1 atom stereocenters. The molecule has 3 aromatic carbocycles. The number of hydrogen-bond acceptors (Lipinski definition) is 12. The van der Waals surface area contributed by atoms with Gasteiger partial charge >= 0.3 is 0 Å². The minimum absolute atomic E-state index is 0.0474. The lowest BCUT2D eigenvalue weighted by Crippen LogP contribution is -2.52. The second-order valence-electron chi connectivity index (χ2n) is 13.8.